The minimum atomic E-state index is 0. The van der Waals surface area contributed by atoms with Crippen LogP contribution in [0.5, 0.6) is 0 Å². The molecule has 1 N–H and O–H groups in total. The van der Waals surface area contributed by atoms with Crippen LogP contribution in [0.1, 0.15) is 20.8 Å². The van der Waals surface area contributed by atoms with Gasteiger partial charge >= 0.3 is 0 Å². The molecule has 0 radical (unpaired) electrons. The van der Waals surface area contributed by atoms with E-state index in [2.05, 4.69) is 47.7 Å². The van der Waals surface area contributed by atoms with Crippen molar-refractivity contribution in [2.24, 2.45) is 16.3 Å². The minimum absolute atomic E-state index is 0. The van der Waals surface area contributed by atoms with Crippen molar-refractivity contribution in [2.75, 3.05) is 45.6 Å². The molecule has 0 bridgehead atoms. The molecule has 0 aliphatic carbocycles. The van der Waals surface area contributed by atoms with Gasteiger partial charge in [0.15, 0.2) is 5.96 Å². The Morgan fingerprint density at radius 3 is 2.70 bits per heavy atom. The molecule has 0 spiro atoms. The highest BCUT2D eigenvalue weighted by Gasteiger charge is 2.34. The van der Waals surface area contributed by atoms with E-state index in [-0.39, 0.29) is 29.4 Å². The molecule has 0 aromatic rings. The average Bonchev–Trinajstić information content (AvgIpc) is 2.37. The molecule has 2 fully saturated rings. The quantitative estimate of drug-likeness (QED) is 0.438. The molecule has 0 saturated carbocycles. The molecule has 1 unspecified atom stereocenters. The Balaban J connectivity index is 0.00000200. The van der Waals surface area contributed by atoms with Crippen molar-refractivity contribution in [3.8, 4) is 0 Å². The molecule has 2 rings (SSSR count). The van der Waals surface area contributed by atoms with Gasteiger partial charge in [-0.05, 0) is 5.92 Å². The van der Waals surface area contributed by atoms with Gasteiger partial charge in [0, 0.05) is 43.1 Å². The third kappa shape index (κ3) is 4.66. The maximum absolute atomic E-state index is 5.30. The number of hydrogen-bond donors (Lipinski definition) is 1. The topological polar surface area (TPSA) is 36.9 Å². The summed E-state index contributed by atoms with van der Waals surface area (Å²) in [5.41, 5.74) is 0.290. The second-order valence-electron chi connectivity index (χ2n) is 6.30. The Hall–Kier alpha value is 0.310. The van der Waals surface area contributed by atoms with Gasteiger partial charge < -0.3 is 15.0 Å². The first-order valence-corrected chi connectivity index (χ1v) is 8.24. The Morgan fingerprint density at radius 2 is 2.20 bits per heavy atom. The summed E-state index contributed by atoms with van der Waals surface area (Å²) in [6.45, 7) is 11.8. The maximum Gasteiger partial charge on any atom is 0.193 e. The lowest BCUT2D eigenvalue weighted by atomic mass is 9.89. The van der Waals surface area contributed by atoms with E-state index in [1.54, 1.807) is 0 Å². The normalized spacial score (nSPS) is 25.9. The predicted octanol–water partition coefficient (Wildman–Crippen LogP) is 2.29. The summed E-state index contributed by atoms with van der Waals surface area (Å²) in [6, 6.07) is 0. The molecule has 2 aliphatic heterocycles. The second kappa shape index (κ2) is 8.08. The number of aliphatic imine (C=N–C) groups is 1. The molecule has 0 amide bonds. The van der Waals surface area contributed by atoms with Gasteiger partial charge in [-0.15, -0.1) is 24.0 Å². The fourth-order valence-corrected chi connectivity index (χ4v) is 3.75. The molecule has 4 nitrogen and oxygen atoms in total. The molecule has 2 heterocycles. The summed E-state index contributed by atoms with van der Waals surface area (Å²) in [6.07, 6.45) is 0. The first-order valence-electron chi connectivity index (χ1n) is 7.19. The fraction of sp³-hybridized carbons (Fsp3) is 0.929. The number of thioether (sulfide) groups is 1. The van der Waals surface area contributed by atoms with E-state index in [0.717, 1.165) is 50.0 Å². The highest BCUT2D eigenvalue weighted by atomic mass is 127. The molecule has 2 aliphatic rings. The van der Waals surface area contributed by atoms with Crippen molar-refractivity contribution in [3.05, 3.63) is 0 Å². The smallest absolute Gasteiger partial charge is 0.193 e. The van der Waals surface area contributed by atoms with E-state index in [4.69, 9.17) is 4.74 Å². The lowest BCUT2D eigenvalue weighted by Gasteiger charge is -2.41. The number of guanidine groups is 1. The highest BCUT2D eigenvalue weighted by molar-refractivity contribution is 14.0. The molecular weight excluding hydrogens is 385 g/mol. The van der Waals surface area contributed by atoms with E-state index in [9.17, 15) is 0 Å². The number of hydrogen-bond acceptors (Lipinski definition) is 3. The van der Waals surface area contributed by atoms with Gasteiger partial charge in [-0.1, -0.05) is 20.8 Å². The summed E-state index contributed by atoms with van der Waals surface area (Å²) in [5, 5.41) is 4.25. The van der Waals surface area contributed by atoms with Crippen molar-refractivity contribution in [1.29, 1.82) is 0 Å². The van der Waals surface area contributed by atoms with Gasteiger partial charge in [0.25, 0.3) is 0 Å². The molecule has 20 heavy (non-hydrogen) atoms. The summed E-state index contributed by atoms with van der Waals surface area (Å²) < 4.78 is 5.30. The summed E-state index contributed by atoms with van der Waals surface area (Å²) in [4.78, 5) is 6.86. The van der Waals surface area contributed by atoms with Crippen LogP contribution in [0.3, 0.4) is 0 Å². The van der Waals surface area contributed by atoms with Crippen molar-refractivity contribution in [2.45, 2.75) is 26.0 Å². The molecule has 118 valence electrons. The monoisotopic (exact) mass is 413 g/mol. The molecular formula is C14H28IN3OS. The van der Waals surface area contributed by atoms with E-state index >= 15 is 0 Å². The van der Waals surface area contributed by atoms with Crippen molar-refractivity contribution >= 4 is 41.7 Å². The van der Waals surface area contributed by atoms with Crippen LogP contribution in [-0.4, -0.2) is 61.8 Å². The highest BCUT2D eigenvalue weighted by Crippen LogP contribution is 2.26. The van der Waals surface area contributed by atoms with Crippen LogP contribution in [0.15, 0.2) is 4.99 Å². The zero-order valence-corrected chi connectivity index (χ0v) is 16.2. The third-order valence-corrected chi connectivity index (χ3v) is 5.46. The van der Waals surface area contributed by atoms with Gasteiger partial charge in [0.1, 0.15) is 0 Å². The number of nitrogens with zero attached hydrogens (tertiary/aromatic N) is 2. The zero-order valence-electron chi connectivity index (χ0n) is 13.0. The van der Waals surface area contributed by atoms with Gasteiger partial charge in [-0.2, -0.15) is 11.8 Å². The average molecular weight is 413 g/mol. The first-order chi connectivity index (χ1) is 9.04. The Labute approximate surface area is 144 Å². The van der Waals surface area contributed by atoms with Gasteiger partial charge in [0.2, 0.25) is 0 Å². The van der Waals surface area contributed by atoms with E-state index in [1.165, 1.54) is 5.75 Å². The van der Waals surface area contributed by atoms with E-state index < -0.39 is 0 Å². The standard InChI is InChI=1S/C14H27N3OS.HI/c1-11(2)12-7-17(5-6-19-12)13(15-4)16-8-14(3)9-18-10-14;/h11-12H,5-10H2,1-4H3,(H,15,16);1H. The van der Waals surface area contributed by atoms with Crippen LogP contribution in [-0.2, 0) is 4.74 Å². The van der Waals surface area contributed by atoms with Crippen molar-refractivity contribution in [3.63, 3.8) is 0 Å². The van der Waals surface area contributed by atoms with E-state index in [0.29, 0.717) is 0 Å². The van der Waals surface area contributed by atoms with Gasteiger partial charge in [0.05, 0.1) is 13.2 Å². The SMILES string of the molecule is CN=C(NCC1(C)COC1)N1CCSC(C(C)C)C1.I. The number of halogens is 1. The van der Waals surface area contributed by atoms with Crippen molar-refractivity contribution < 1.29 is 4.74 Å². The van der Waals surface area contributed by atoms with Crippen LogP contribution in [0, 0.1) is 11.3 Å². The Morgan fingerprint density at radius 1 is 1.50 bits per heavy atom. The van der Waals surface area contributed by atoms with Gasteiger partial charge in [-0.3, -0.25) is 4.99 Å². The van der Waals surface area contributed by atoms with Crippen LogP contribution >= 0.6 is 35.7 Å². The lowest BCUT2D eigenvalue weighted by Crippen LogP contribution is -2.54. The molecule has 6 heteroatoms. The van der Waals surface area contributed by atoms with E-state index in [1.807, 2.05) is 7.05 Å². The zero-order chi connectivity index (χ0) is 13.9. The maximum atomic E-state index is 5.30. The summed E-state index contributed by atoms with van der Waals surface area (Å²) in [7, 11) is 1.88. The van der Waals surface area contributed by atoms with Crippen LogP contribution < -0.4 is 5.32 Å². The molecule has 0 aromatic heterocycles. The van der Waals surface area contributed by atoms with Crippen molar-refractivity contribution in [1.82, 2.24) is 10.2 Å². The largest absolute Gasteiger partial charge is 0.380 e. The molecule has 0 aromatic carbocycles. The lowest BCUT2D eigenvalue weighted by molar-refractivity contribution is -0.0972. The van der Waals surface area contributed by atoms with Crippen LogP contribution in [0.25, 0.3) is 0 Å². The summed E-state index contributed by atoms with van der Waals surface area (Å²) >= 11 is 2.10. The number of ether oxygens (including phenoxy) is 1. The summed E-state index contributed by atoms with van der Waals surface area (Å²) in [5.74, 6) is 2.98. The minimum Gasteiger partial charge on any atom is -0.380 e. The van der Waals surface area contributed by atoms with Gasteiger partial charge in [-0.25, -0.2) is 0 Å². The molecule has 2 saturated heterocycles. The van der Waals surface area contributed by atoms with Crippen LogP contribution in [0.4, 0.5) is 0 Å². The second-order valence-corrected chi connectivity index (χ2v) is 7.65. The number of nitrogens with one attached hydrogen (secondary N) is 1. The Bertz CT molecular complexity index is 334. The van der Waals surface area contributed by atoms with Crippen LogP contribution in [0.2, 0.25) is 0 Å². The fourth-order valence-electron chi connectivity index (χ4n) is 2.45. The number of rotatable bonds is 3. The third-order valence-electron chi connectivity index (χ3n) is 3.92. The Kier molecular flexibility index (Phi) is 7.41. The predicted molar refractivity (Wildman–Crippen MR) is 98.4 cm³/mol. The first kappa shape index (κ1) is 18.4. The molecule has 1 atom stereocenters.